The predicted octanol–water partition coefficient (Wildman–Crippen LogP) is 4.09. The molecule has 0 bridgehead atoms. The van der Waals surface area contributed by atoms with E-state index in [4.69, 9.17) is 4.42 Å². The summed E-state index contributed by atoms with van der Waals surface area (Å²) >= 11 is 0. The Morgan fingerprint density at radius 3 is 2.39 bits per heavy atom. The van der Waals surface area contributed by atoms with Crippen LogP contribution in [0.2, 0.25) is 0 Å². The van der Waals surface area contributed by atoms with Gasteiger partial charge in [-0.1, -0.05) is 54.1 Å². The Hall–Kier alpha value is -3.73. The number of hydrogen-bond acceptors (Lipinski definition) is 4. The van der Waals surface area contributed by atoms with Crippen molar-refractivity contribution < 1.29 is 9.21 Å². The average molecular weight is 370 g/mol. The van der Waals surface area contributed by atoms with Gasteiger partial charge in [0.05, 0.1) is 17.6 Å². The monoisotopic (exact) mass is 370 g/mol. The fourth-order valence-corrected chi connectivity index (χ4v) is 3.12. The van der Waals surface area contributed by atoms with Crippen LogP contribution >= 0.6 is 0 Å². The van der Waals surface area contributed by atoms with Crippen molar-refractivity contribution in [1.29, 1.82) is 0 Å². The van der Waals surface area contributed by atoms with Gasteiger partial charge in [-0.25, -0.2) is 4.79 Å². The van der Waals surface area contributed by atoms with Crippen LogP contribution in [-0.4, -0.2) is 10.9 Å². The molecule has 4 rings (SSSR count). The van der Waals surface area contributed by atoms with Crippen LogP contribution in [0.4, 0.5) is 0 Å². The largest absolute Gasteiger partial charge is 0.416 e. The number of aromatic nitrogens is 1. The number of carbonyl (C=O) groups is 1. The lowest BCUT2D eigenvalue weighted by Gasteiger charge is -2.12. The number of carbonyl (C=O) groups excluding carboxylic acids is 1. The minimum absolute atomic E-state index is 0.00323. The van der Waals surface area contributed by atoms with Crippen LogP contribution in [0, 0.1) is 6.92 Å². The number of hydrogen-bond donors (Lipinski definition) is 1. The number of nitrogens with one attached hydrogen (secondary N) is 1. The van der Waals surface area contributed by atoms with E-state index in [0.717, 1.165) is 16.8 Å². The van der Waals surface area contributed by atoms with E-state index in [-0.39, 0.29) is 12.3 Å². The van der Waals surface area contributed by atoms with E-state index >= 15 is 0 Å². The molecule has 2 aromatic heterocycles. The molecule has 1 amide bonds. The van der Waals surface area contributed by atoms with E-state index in [1.807, 2.05) is 61.5 Å². The zero-order chi connectivity index (χ0) is 19.5. The van der Waals surface area contributed by atoms with E-state index < -0.39 is 11.5 Å². The molecule has 0 unspecified atom stereocenters. The molecule has 0 aliphatic heterocycles. The first kappa shape index (κ1) is 17.7. The molecule has 0 radical (unpaired) electrons. The van der Waals surface area contributed by atoms with Crippen LogP contribution in [0.3, 0.4) is 0 Å². The summed E-state index contributed by atoms with van der Waals surface area (Å²) in [5.41, 5.74) is 2.71. The highest BCUT2D eigenvalue weighted by Gasteiger charge is 2.21. The molecule has 1 N–H and O–H groups in total. The Morgan fingerprint density at radius 2 is 1.68 bits per heavy atom. The number of nitrogens with zero attached hydrogens (tertiary/aromatic N) is 1. The van der Waals surface area contributed by atoms with Gasteiger partial charge in [0.15, 0.2) is 0 Å². The Labute approximate surface area is 161 Å². The van der Waals surface area contributed by atoms with Crippen LogP contribution in [-0.2, 0) is 6.54 Å². The van der Waals surface area contributed by atoms with Crippen LogP contribution in [0.1, 0.15) is 21.8 Å². The van der Waals surface area contributed by atoms with Crippen LogP contribution in [0.5, 0.6) is 0 Å². The number of rotatable bonds is 4. The summed E-state index contributed by atoms with van der Waals surface area (Å²) in [6.07, 6.45) is 1.66. The molecule has 0 atom stereocenters. The van der Waals surface area contributed by atoms with Gasteiger partial charge in [0.2, 0.25) is 5.76 Å². The summed E-state index contributed by atoms with van der Waals surface area (Å²) in [6, 6.07) is 20.4. The second-order valence-electron chi connectivity index (χ2n) is 6.51. The number of fused-ring (bicyclic) bond motifs is 1. The molecule has 0 saturated heterocycles. The fourth-order valence-electron chi connectivity index (χ4n) is 3.12. The second-order valence-corrected chi connectivity index (χ2v) is 6.51. The molecule has 0 spiro atoms. The van der Waals surface area contributed by atoms with E-state index in [2.05, 4.69) is 10.3 Å². The van der Waals surface area contributed by atoms with Crippen LogP contribution < -0.4 is 10.9 Å². The zero-order valence-corrected chi connectivity index (χ0v) is 15.3. The molecule has 2 heterocycles. The maximum absolute atomic E-state index is 12.9. The summed E-state index contributed by atoms with van der Waals surface area (Å²) in [7, 11) is 0. The Bertz CT molecular complexity index is 1200. The van der Waals surface area contributed by atoms with Crippen molar-refractivity contribution in [2.75, 3.05) is 0 Å². The lowest BCUT2D eigenvalue weighted by Crippen LogP contribution is -2.25. The van der Waals surface area contributed by atoms with Gasteiger partial charge < -0.3 is 9.73 Å². The summed E-state index contributed by atoms with van der Waals surface area (Å²) in [5.74, 6) is -0.451. The normalized spacial score (nSPS) is 10.8. The van der Waals surface area contributed by atoms with E-state index in [1.54, 1.807) is 18.3 Å². The summed E-state index contributed by atoms with van der Waals surface area (Å²) in [5, 5.41) is 3.92. The summed E-state index contributed by atoms with van der Waals surface area (Å²) < 4.78 is 5.47. The molecule has 0 fully saturated rings. The minimum Gasteiger partial charge on any atom is -0.416 e. The van der Waals surface area contributed by atoms with Gasteiger partial charge in [0.1, 0.15) is 0 Å². The molecular weight excluding hydrogens is 352 g/mol. The van der Waals surface area contributed by atoms with E-state index in [9.17, 15) is 9.59 Å². The molecule has 4 aromatic rings. The zero-order valence-electron chi connectivity index (χ0n) is 15.3. The van der Waals surface area contributed by atoms with Crippen molar-refractivity contribution in [3.05, 3.63) is 100 Å². The maximum atomic E-state index is 12.9. The topological polar surface area (TPSA) is 72.2 Å². The maximum Gasteiger partial charge on any atom is 0.344 e. The van der Waals surface area contributed by atoms with Crippen molar-refractivity contribution >= 4 is 16.7 Å². The van der Waals surface area contributed by atoms with Crippen molar-refractivity contribution in [3.8, 4) is 11.1 Å². The highest BCUT2D eigenvalue weighted by molar-refractivity contribution is 6.07. The lowest BCUT2D eigenvalue weighted by molar-refractivity contribution is 0.0920. The molecule has 28 heavy (non-hydrogen) atoms. The Morgan fingerprint density at radius 1 is 0.964 bits per heavy atom. The lowest BCUT2D eigenvalue weighted by atomic mass is 9.97. The molecule has 0 aliphatic rings. The van der Waals surface area contributed by atoms with Crippen LogP contribution in [0.15, 0.2) is 82.1 Å². The number of pyridine rings is 1. The first-order chi connectivity index (χ1) is 13.6. The third-order valence-corrected chi connectivity index (χ3v) is 4.54. The molecule has 0 saturated carbocycles. The number of benzene rings is 2. The highest BCUT2D eigenvalue weighted by Crippen LogP contribution is 2.31. The van der Waals surface area contributed by atoms with Crippen molar-refractivity contribution in [1.82, 2.24) is 10.3 Å². The Balaban J connectivity index is 1.82. The highest BCUT2D eigenvalue weighted by atomic mass is 16.4. The molecule has 5 nitrogen and oxygen atoms in total. The SMILES string of the molecule is Cc1ccc(-c2c(C(=O)NCc3ccccn3)oc(=O)c3ccccc23)cc1. The van der Waals surface area contributed by atoms with Crippen LogP contribution in [0.25, 0.3) is 21.9 Å². The third kappa shape index (κ3) is 3.42. The third-order valence-electron chi connectivity index (χ3n) is 4.54. The minimum atomic E-state index is -0.533. The van der Waals surface area contributed by atoms with Gasteiger partial charge in [0, 0.05) is 17.1 Å². The smallest absolute Gasteiger partial charge is 0.344 e. The number of aryl methyl sites for hydroxylation is 1. The quantitative estimate of drug-likeness (QED) is 0.587. The predicted molar refractivity (Wildman–Crippen MR) is 108 cm³/mol. The van der Waals surface area contributed by atoms with Crippen molar-refractivity contribution in [3.63, 3.8) is 0 Å². The molecule has 5 heteroatoms. The molecule has 138 valence electrons. The van der Waals surface area contributed by atoms with Gasteiger partial charge in [0.25, 0.3) is 5.91 Å². The molecule has 0 aliphatic carbocycles. The standard InChI is InChI=1S/C23H18N2O3/c1-15-9-11-16(12-10-15)20-18-7-2-3-8-19(18)23(27)28-21(20)22(26)25-14-17-6-4-5-13-24-17/h2-13H,14H2,1H3,(H,25,26). The van der Waals surface area contributed by atoms with E-state index in [1.165, 1.54) is 0 Å². The molecule has 2 aromatic carbocycles. The first-order valence-corrected chi connectivity index (χ1v) is 8.94. The van der Waals surface area contributed by atoms with Gasteiger partial charge in [-0.2, -0.15) is 0 Å². The van der Waals surface area contributed by atoms with Crippen molar-refractivity contribution in [2.45, 2.75) is 13.5 Å². The molecular formula is C23H18N2O3. The number of amides is 1. The van der Waals surface area contributed by atoms with Gasteiger partial charge in [-0.3, -0.25) is 9.78 Å². The van der Waals surface area contributed by atoms with Gasteiger partial charge in [-0.15, -0.1) is 0 Å². The fraction of sp³-hybridized carbons (Fsp3) is 0.0870. The van der Waals surface area contributed by atoms with E-state index in [0.29, 0.717) is 16.3 Å². The average Bonchev–Trinajstić information content (AvgIpc) is 2.73. The Kier molecular flexibility index (Phi) is 4.72. The van der Waals surface area contributed by atoms with Gasteiger partial charge in [-0.05, 0) is 30.7 Å². The summed E-state index contributed by atoms with van der Waals surface area (Å²) in [4.78, 5) is 29.6. The second kappa shape index (κ2) is 7.48. The summed E-state index contributed by atoms with van der Waals surface area (Å²) in [6.45, 7) is 2.23. The van der Waals surface area contributed by atoms with Gasteiger partial charge >= 0.3 is 5.63 Å². The van der Waals surface area contributed by atoms with Crippen molar-refractivity contribution in [2.24, 2.45) is 0 Å². The first-order valence-electron chi connectivity index (χ1n) is 8.94.